The summed E-state index contributed by atoms with van der Waals surface area (Å²) in [4.78, 5) is 14.1. The van der Waals surface area contributed by atoms with Crippen LogP contribution in [-0.4, -0.2) is 54.7 Å². The van der Waals surface area contributed by atoms with E-state index in [0.29, 0.717) is 24.0 Å². The Kier molecular flexibility index (Phi) is 4.09. The Labute approximate surface area is 107 Å². The van der Waals surface area contributed by atoms with Crippen LogP contribution >= 0.6 is 0 Å². The number of hydrogen-bond acceptors (Lipinski definition) is 5. The average molecular weight is 249 g/mol. The second-order valence-corrected chi connectivity index (χ2v) is 4.68. The zero-order valence-electron chi connectivity index (χ0n) is 10.8. The molecule has 2 N–H and O–H groups in total. The van der Waals surface area contributed by atoms with Gasteiger partial charge in [-0.05, 0) is 38.1 Å². The van der Waals surface area contributed by atoms with Gasteiger partial charge < -0.3 is 15.5 Å². The van der Waals surface area contributed by atoms with Crippen molar-refractivity contribution < 1.29 is 4.79 Å². The van der Waals surface area contributed by atoms with Crippen molar-refractivity contribution in [1.29, 1.82) is 0 Å². The van der Waals surface area contributed by atoms with Crippen LogP contribution in [0, 0.1) is 5.92 Å². The molecule has 1 amide bonds. The predicted octanol–water partition coefficient (Wildman–Crippen LogP) is 0.200. The van der Waals surface area contributed by atoms with Crippen molar-refractivity contribution in [3.05, 3.63) is 17.8 Å². The maximum atomic E-state index is 11.8. The van der Waals surface area contributed by atoms with Gasteiger partial charge in [0.2, 0.25) is 0 Å². The molecule has 0 bridgehead atoms. The molecule has 0 saturated carbocycles. The van der Waals surface area contributed by atoms with E-state index in [1.807, 2.05) is 0 Å². The van der Waals surface area contributed by atoms with Gasteiger partial charge >= 0.3 is 0 Å². The van der Waals surface area contributed by atoms with Gasteiger partial charge in [0.1, 0.15) is 5.82 Å². The highest BCUT2D eigenvalue weighted by Crippen LogP contribution is 2.13. The van der Waals surface area contributed by atoms with Gasteiger partial charge in [0, 0.05) is 20.1 Å². The first-order valence-corrected chi connectivity index (χ1v) is 6.17. The van der Waals surface area contributed by atoms with Crippen LogP contribution in [0.5, 0.6) is 0 Å². The molecule has 6 heteroatoms. The minimum Gasteiger partial charge on any atom is -0.372 e. The number of amides is 1. The van der Waals surface area contributed by atoms with Gasteiger partial charge in [-0.2, -0.15) is 0 Å². The first-order chi connectivity index (χ1) is 8.69. The minimum atomic E-state index is -0.153. The van der Waals surface area contributed by atoms with Crippen LogP contribution in [-0.2, 0) is 0 Å². The number of nitrogens with zero attached hydrogens (tertiary/aromatic N) is 3. The second-order valence-electron chi connectivity index (χ2n) is 4.68. The molecule has 18 heavy (non-hydrogen) atoms. The first kappa shape index (κ1) is 12.8. The lowest BCUT2D eigenvalue weighted by Crippen LogP contribution is -2.31. The van der Waals surface area contributed by atoms with Gasteiger partial charge in [-0.15, -0.1) is 10.2 Å². The molecule has 1 saturated heterocycles. The van der Waals surface area contributed by atoms with Crippen molar-refractivity contribution in [3.8, 4) is 0 Å². The van der Waals surface area contributed by atoms with Gasteiger partial charge in [-0.1, -0.05) is 0 Å². The predicted molar refractivity (Wildman–Crippen MR) is 69.5 cm³/mol. The molecule has 0 radical (unpaired) electrons. The Morgan fingerprint density at radius 2 is 2.33 bits per heavy atom. The number of anilines is 1. The number of likely N-dealkylation sites (tertiary alicyclic amines) is 1. The standard InChI is InChI=1S/C12H19N5O/c1-13-11-4-3-10(15-16-11)12(18)14-7-9-5-6-17(2)8-9/h3-4,9H,5-8H2,1-2H3,(H,13,16)(H,14,18). The maximum absolute atomic E-state index is 11.8. The third kappa shape index (κ3) is 3.16. The fraction of sp³-hybridized carbons (Fsp3) is 0.583. The zero-order chi connectivity index (χ0) is 13.0. The third-order valence-electron chi connectivity index (χ3n) is 3.19. The summed E-state index contributed by atoms with van der Waals surface area (Å²) < 4.78 is 0. The number of nitrogens with one attached hydrogen (secondary N) is 2. The quantitative estimate of drug-likeness (QED) is 0.797. The molecule has 0 aromatic carbocycles. The summed E-state index contributed by atoms with van der Waals surface area (Å²) in [5, 5.41) is 13.5. The van der Waals surface area contributed by atoms with Gasteiger partial charge in [-0.3, -0.25) is 4.79 Å². The Morgan fingerprint density at radius 3 is 2.89 bits per heavy atom. The van der Waals surface area contributed by atoms with Gasteiger partial charge in [0.15, 0.2) is 5.69 Å². The van der Waals surface area contributed by atoms with E-state index < -0.39 is 0 Å². The Hall–Kier alpha value is -1.69. The topological polar surface area (TPSA) is 70.2 Å². The molecule has 6 nitrogen and oxygen atoms in total. The van der Waals surface area contributed by atoms with Gasteiger partial charge in [0.25, 0.3) is 5.91 Å². The summed E-state index contributed by atoms with van der Waals surface area (Å²) in [5.74, 6) is 1.05. The van der Waals surface area contributed by atoms with E-state index in [1.54, 1.807) is 19.2 Å². The smallest absolute Gasteiger partial charge is 0.271 e. The van der Waals surface area contributed by atoms with Crippen molar-refractivity contribution in [2.24, 2.45) is 5.92 Å². The summed E-state index contributed by atoms with van der Waals surface area (Å²) in [6.07, 6.45) is 1.14. The molecule has 0 aliphatic carbocycles. The fourth-order valence-corrected chi connectivity index (χ4v) is 2.11. The van der Waals surface area contributed by atoms with Crippen LogP contribution in [0.15, 0.2) is 12.1 Å². The van der Waals surface area contributed by atoms with Crippen LogP contribution in [0.25, 0.3) is 0 Å². The number of hydrogen-bond donors (Lipinski definition) is 2. The summed E-state index contributed by atoms with van der Waals surface area (Å²) in [6.45, 7) is 2.86. The van der Waals surface area contributed by atoms with E-state index in [-0.39, 0.29) is 5.91 Å². The maximum Gasteiger partial charge on any atom is 0.271 e. The second kappa shape index (κ2) is 5.77. The van der Waals surface area contributed by atoms with Crippen molar-refractivity contribution in [3.63, 3.8) is 0 Å². The molecule has 98 valence electrons. The first-order valence-electron chi connectivity index (χ1n) is 6.17. The normalized spacial score (nSPS) is 19.8. The third-order valence-corrected chi connectivity index (χ3v) is 3.19. The monoisotopic (exact) mass is 249 g/mol. The SMILES string of the molecule is CNc1ccc(C(=O)NCC2CCN(C)C2)nn1. The average Bonchev–Trinajstić information content (AvgIpc) is 2.82. The summed E-state index contributed by atoms with van der Waals surface area (Å²) >= 11 is 0. The minimum absolute atomic E-state index is 0.153. The van der Waals surface area contributed by atoms with Crippen LogP contribution in [0.4, 0.5) is 5.82 Å². The van der Waals surface area contributed by atoms with E-state index in [4.69, 9.17) is 0 Å². The Bertz CT molecular complexity index is 405. The van der Waals surface area contributed by atoms with Crippen molar-refractivity contribution >= 4 is 11.7 Å². The largest absolute Gasteiger partial charge is 0.372 e. The highest BCUT2D eigenvalue weighted by molar-refractivity contribution is 5.92. The molecule has 1 aromatic heterocycles. The highest BCUT2D eigenvalue weighted by Gasteiger charge is 2.20. The lowest BCUT2D eigenvalue weighted by atomic mass is 10.1. The molecule has 1 fully saturated rings. The summed E-state index contributed by atoms with van der Waals surface area (Å²) in [5.41, 5.74) is 0.361. The molecule has 1 aromatic rings. The molecule has 2 heterocycles. The van der Waals surface area contributed by atoms with Gasteiger partial charge in [-0.25, -0.2) is 0 Å². The number of aromatic nitrogens is 2. The highest BCUT2D eigenvalue weighted by atomic mass is 16.1. The van der Waals surface area contributed by atoms with Crippen molar-refractivity contribution in [2.75, 3.05) is 39.0 Å². The zero-order valence-corrected chi connectivity index (χ0v) is 10.8. The van der Waals surface area contributed by atoms with E-state index in [1.165, 1.54) is 0 Å². The lowest BCUT2D eigenvalue weighted by molar-refractivity contribution is 0.0941. The lowest BCUT2D eigenvalue weighted by Gasteiger charge is -2.11. The van der Waals surface area contributed by atoms with E-state index in [9.17, 15) is 4.79 Å². The molecule has 1 unspecified atom stereocenters. The fourth-order valence-electron chi connectivity index (χ4n) is 2.11. The Morgan fingerprint density at radius 1 is 1.50 bits per heavy atom. The van der Waals surface area contributed by atoms with Crippen molar-refractivity contribution in [1.82, 2.24) is 20.4 Å². The molecule has 1 atom stereocenters. The molecule has 1 aliphatic rings. The van der Waals surface area contributed by atoms with E-state index >= 15 is 0 Å². The van der Waals surface area contributed by atoms with Crippen LogP contribution in [0.3, 0.4) is 0 Å². The Balaban J connectivity index is 1.83. The van der Waals surface area contributed by atoms with Crippen LogP contribution < -0.4 is 10.6 Å². The van der Waals surface area contributed by atoms with E-state index in [0.717, 1.165) is 19.5 Å². The number of carbonyl (C=O) groups excluding carboxylic acids is 1. The molecular weight excluding hydrogens is 230 g/mol. The van der Waals surface area contributed by atoms with E-state index in [2.05, 4.69) is 32.8 Å². The number of rotatable bonds is 4. The molecular formula is C12H19N5O. The van der Waals surface area contributed by atoms with Gasteiger partial charge in [0.05, 0.1) is 0 Å². The van der Waals surface area contributed by atoms with Crippen LogP contribution in [0.1, 0.15) is 16.9 Å². The molecule has 0 spiro atoms. The molecule has 2 rings (SSSR count). The molecule has 1 aliphatic heterocycles. The summed E-state index contributed by atoms with van der Waals surface area (Å²) in [6, 6.07) is 3.42. The summed E-state index contributed by atoms with van der Waals surface area (Å²) in [7, 11) is 3.87. The van der Waals surface area contributed by atoms with Crippen molar-refractivity contribution in [2.45, 2.75) is 6.42 Å². The number of carbonyl (C=O) groups is 1. The van der Waals surface area contributed by atoms with Crippen LogP contribution in [0.2, 0.25) is 0 Å².